The van der Waals surface area contributed by atoms with Gasteiger partial charge in [-0.15, -0.1) is 5.92 Å². The van der Waals surface area contributed by atoms with Crippen molar-refractivity contribution in [1.29, 1.82) is 0 Å². The van der Waals surface area contributed by atoms with E-state index in [9.17, 15) is 34.2 Å². The molecule has 0 saturated carbocycles. The van der Waals surface area contributed by atoms with E-state index in [1.165, 1.54) is 31.9 Å². The van der Waals surface area contributed by atoms with Gasteiger partial charge in [0.05, 0.1) is 6.61 Å². The number of carbonyl (C=O) groups is 4. The molecule has 2 N–H and O–H groups in total. The van der Waals surface area contributed by atoms with Crippen LogP contribution in [0.1, 0.15) is 65.9 Å². The number of amides is 1. The van der Waals surface area contributed by atoms with E-state index in [0.717, 1.165) is 0 Å². The van der Waals surface area contributed by atoms with Gasteiger partial charge in [0.2, 0.25) is 5.91 Å². The van der Waals surface area contributed by atoms with Gasteiger partial charge in [-0.05, 0) is 30.4 Å². The molecule has 5 atom stereocenters. The normalized spacial score (nSPS) is 12.5. The molecular weight excluding hydrogens is 563 g/mol. The van der Waals surface area contributed by atoms with Crippen LogP contribution in [0.25, 0.3) is 0 Å². The molecule has 1 aromatic rings. The SMILES string of the molecule is C=CC(=O)NCCCOC(=O)C(C)C(C)[C-]=O.CC(C(=O)[O-])C(C)C(=O)[O-].CCC(C)c1ccccc1.[Na+].[Na+].[Na+].[OH-]. The van der Waals surface area contributed by atoms with Crippen LogP contribution in [0.5, 0.6) is 0 Å². The molecule has 0 fully saturated rings. The van der Waals surface area contributed by atoms with Gasteiger partial charge in [0.1, 0.15) is 0 Å². The second-order valence-electron chi connectivity index (χ2n) is 8.65. The van der Waals surface area contributed by atoms with E-state index in [4.69, 9.17) is 4.74 Å². The van der Waals surface area contributed by atoms with E-state index in [1.54, 1.807) is 20.1 Å². The summed E-state index contributed by atoms with van der Waals surface area (Å²) in [4.78, 5) is 52.6. The van der Waals surface area contributed by atoms with E-state index in [-0.39, 0.29) is 107 Å². The predicted octanol–water partition coefficient (Wildman–Crippen LogP) is -7.60. The molecule has 0 aliphatic heterocycles. The van der Waals surface area contributed by atoms with Crippen molar-refractivity contribution in [2.75, 3.05) is 13.2 Å². The van der Waals surface area contributed by atoms with Crippen LogP contribution in [0.4, 0.5) is 0 Å². The zero-order valence-electron chi connectivity index (χ0n) is 26.1. The molecule has 0 heterocycles. The summed E-state index contributed by atoms with van der Waals surface area (Å²) < 4.78 is 4.95. The van der Waals surface area contributed by atoms with Gasteiger partial charge in [0.15, 0.2) is 0 Å². The third kappa shape index (κ3) is 26.8. The summed E-state index contributed by atoms with van der Waals surface area (Å²) in [6, 6.07) is 10.6. The summed E-state index contributed by atoms with van der Waals surface area (Å²) in [6.07, 6.45) is 4.68. The first-order chi connectivity index (χ1) is 17.3. The van der Waals surface area contributed by atoms with Crippen molar-refractivity contribution in [3.63, 3.8) is 0 Å². The smallest absolute Gasteiger partial charge is 0.870 e. The fourth-order valence-electron chi connectivity index (χ4n) is 2.39. The van der Waals surface area contributed by atoms with Gasteiger partial charge in [-0.2, -0.15) is 0 Å². The fraction of sp³-hybridized carbons (Fsp3) is 0.536. The van der Waals surface area contributed by atoms with Gasteiger partial charge in [-0.25, -0.2) is 0 Å². The van der Waals surface area contributed by atoms with Gasteiger partial charge in [-0.3, -0.25) is 15.9 Å². The van der Waals surface area contributed by atoms with Crippen LogP contribution in [-0.2, 0) is 28.7 Å². The number of aliphatic carboxylic acids is 2. The van der Waals surface area contributed by atoms with Crippen molar-refractivity contribution in [2.24, 2.45) is 23.7 Å². The van der Waals surface area contributed by atoms with Gasteiger partial charge >= 0.3 is 94.6 Å². The number of carboxylic acid groups (broad SMARTS) is 2. The number of ether oxygens (including phenoxy) is 1. The molecule has 216 valence electrons. The number of hydrogen-bond acceptors (Lipinski definition) is 9. The van der Waals surface area contributed by atoms with Crippen LogP contribution in [0, 0.1) is 23.7 Å². The maximum absolute atomic E-state index is 11.4. The number of carboxylic acids is 2. The van der Waals surface area contributed by atoms with Crippen molar-refractivity contribution < 1.29 is 133 Å². The number of hydrogen-bond donors (Lipinski definition) is 1. The molecule has 0 aromatic heterocycles. The number of rotatable bonds is 13. The van der Waals surface area contributed by atoms with Crippen LogP contribution in [0.15, 0.2) is 43.0 Å². The van der Waals surface area contributed by atoms with Crippen molar-refractivity contribution in [2.45, 2.75) is 60.3 Å². The molecule has 0 saturated heterocycles. The number of nitrogens with one attached hydrogen (secondary N) is 1. The Balaban J connectivity index is -0.000000112. The summed E-state index contributed by atoms with van der Waals surface area (Å²) in [6.45, 7) is 14.2. The number of benzene rings is 1. The van der Waals surface area contributed by atoms with Gasteiger partial charge in [-0.1, -0.05) is 78.5 Å². The average Bonchev–Trinajstić information content (AvgIpc) is 2.91. The molecule has 0 radical (unpaired) electrons. The second-order valence-corrected chi connectivity index (χ2v) is 8.65. The third-order valence-corrected chi connectivity index (χ3v) is 5.83. The molecule has 41 heavy (non-hydrogen) atoms. The summed E-state index contributed by atoms with van der Waals surface area (Å²) in [5.41, 5.74) is 1.45. The molecule has 0 aliphatic rings. The second kappa shape index (κ2) is 32.4. The summed E-state index contributed by atoms with van der Waals surface area (Å²) >= 11 is 0. The first-order valence-electron chi connectivity index (χ1n) is 12.2. The van der Waals surface area contributed by atoms with Crippen LogP contribution >= 0.6 is 0 Å². The maximum Gasteiger partial charge on any atom is 1.00 e. The van der Waals surface area contributed by atoms with Gasteiger partial charge in [0.25, 0.3) is 0 Å². The first-order valence-corrected chi connectivity index (χ1v) is 12.2. The van der Waals surface area contributed by atoms with Crippen LogP contribution < -0.4 is 104 Å². The van der Waals surface area contributed by atoms with E-state index < -0.39 is 41.6 Å². The largest absolute Gasteiger partial charge is 1.00 e. The van der Waals surface area contributed by atoms with E-state index in [2.05, 4.69) is 56.1 Å². The molecule has 1 amide bonds. The molecule has 13 heteroatoms. The molecule has 1 aromatic carbocycles. The molecule has 10 nitrogen and oxygen atoms in total. The maximum atomic E-state index is 11.4. The van der Waals surface area contributed by atoms with Crippen molar-refractivity contribution in [1.82, 2.24) is 5.32 Å². The standard InChI is InChI=1S/C12H18NO4.C10H14.C6H10O4.3Na.H2O/c1-4-11(15)13-6-5-7-17-12(16)10(3)9(2)8-14;1-3-9(2)10-7-5-4-6-8-10;1-3(5(7)8)4(2)6(9)10;;;;/h4,9-10H,1,5-7H2,2-3H3,(H,13,15);4-9H,3H2,1-2H3;3-4H,1-2H3,(H,7,8)(H,9,10);;;;1H2/q-1;;;3*+1;/p-3. The zero-order chi connectivity index (χ0) is 29.0. The van der Waals surface area contributed by atoms with E-state index in [1.807, 2.05) is 0 Å². The predicted molar refractivity (Wildman–Crippen MR) is 138 cm³/mol. The Labute approximate surface area is 311 Å². The summed E-state index contributed by atoms with van der Waals surface area (Å²) in [7, 11) is 0. The number of esters is 1. The van der Waals surface area contributed by atoms with Gasteiger partial charge < -0.3 is 40.1 Å². The third-order valence-electron chi connectivity index (χ3n) is 5.83. The topological polar surface area (TPSA) is 183 Å². The Bertz CT molecular complexity index is 839. The minimum Gasteiger partial charge on any atom is -0.870 e. The number of carbonyl (C=O) groups excluding carboxylic acids is 5. The Hall–Kier alpha value is -0.530. The first kappa shape index (κ1) is 53.1. The minimum atomic E-state index is -1.36. The zero-order valence-corrected chi connectivity index (χ0v) is 32.1. The van der Waals surface area contributed by atoms with E-state index >= 15 is 0 Å². The molecule has 0 aliphatic carbocycles. The van der Waals surface area contributed by atoms with Crippen LogP contribution in [0.2, 0.25) is 0 Å². The Morgan fingerprint density at radius 3 is 1.76 bits per heavy atom. The molecule has 0 spiro atoms. The Morgan fingerprint density at radius 2 is 1.39 bits per heavy atom. The van der Waals surface area contributed by atoms with Crippen molar-refractivity contribution in [3.8, 4) is 0 Å². The van der Waals surface area contributed by atoms with Gasteiger partial charge in [0, 0.05) is 36.2 Å². The minimum absolute atomic E-state index is 0. The average molecular weight is 605 g/mol. The monoisotopic (exact) mass is 604 g/mol. The molecular formula is C28H41NNa3O9-. The van der Waals surface area contributed by atoms with Crippen LogP contribution in [0.3, 0.4) is 0 Å². The molecule has 0 bridgehead atoms. The van der Waals surface area contributed by atoms with Crippen molar-refractivity contribution in [3.05, 3.63) is 48.6 Å². The quantitative estimate of drug-likeness (QED) is 0.0752. The summed E-state index contributed by atoms with van der Waals surface area (Å²) in [5, 5.41) is 22.6. The van der Waals surface area contributed by atoms with E-state index in [0.29, 0.717) is 18.9 Å². The van der Waals surface area contributed by atoms with Crippen LogP contribution in [-0.4, -0.2) is 48.7 Å². The molecule has 5 unspecified atom stereocenters. The Morgan fingerprint density at radius 1 is 0.927 bits per heavy atom. The Kier molecular flexibility index (Phi) is 41.9. The fourth-order valence-corrected chi connectivity index (χ4v) is 2.39. The molecule has 1 rings (SSSR count). The summed E-state index contributed by atoms with van der Waals surface area (Å²) in [5.74, 6) is -5.65. The van der Waals surface area contributed by atoms with Crippen molar-refractivity contribution >= 4 is 30.1 Å².